The number of rotatable bonds is 3. The van der Waals surface area contributed by atoms with Crippen LogP contribution < -0.4 is 0 Å². The Morgan fingerprint density at radius 3 is 2.69 bits per heavy atom. The molecule has 1 aliphatic carbocycles. The van der Waals surface area contributed by atoms with Crippen molar-refractivity contribution in [2.24, 2.45) is 11.8 Å². The van der Waals surface area contributed by atoms with Crippen LogP contribution in [-0.2, 0) is 9.53 Å². The summed E-state index contributed by atoms with van der Waals surface area (Å²) < 4.78 is 4.55. The Kier molecular flexibility index (Phi) is 3.72. The molecule has 0 saturated heterocycles. The minimum Gasteiger partial charge on any atom is -0.469 e. The van der Waals surface area contributed by atoms with Crippen LogP contribution in [0.5, 0.6) is 0 Å². The van der Waals surface area contributed by atoms with Gasteiger partial charge in [0.15, 0.2) is 0 Å². The summed E-state index contributed by atoms with van der Waals surface area (Å²) in [6.07, 6.45) is 3.10. The molecule has 0 spiro atoms. The van der Waals surface area contributed by atoms with E-state index in [1.165, 1.54) is 7.11 Å². The molecule has 3 heteroatoms. The number of hydrogen-bond donors (Lipinski definition) is 1. The summed E-state index contributed by atoms with van der Waals surface area (Å²) in [5, 5.41) is 9.69. The fourth-order valence-corrected chi connectivity index (χ4v) is 2.00. The normalized spacial score (nSPS) is 33.3. The highest BCUT2D eigenvalue weighted by Crippen LogP contribution is 2.33. The van der Waals surface area contributed by atoms with E-state index in [0.717, 1.165) is 19.3 Å². The molecular weight excluding hydrogens is 168 g/mol. The summed E-state index contributed by atoms with van der Waals surface area (Å²) >= 11 is 0. The highest BCUT2D eigenvalue weighted by Gasteiger charge is 2.31. The molecule has 0 aromatic heterocycles. The monoisotopic (exact) mass is 186 g/mol. The van der Waals surface area contributed by atoms with Gasteiger partial charge in [0.25, 0.3) is 0 Å². The summed E-state index contributed by atoms with van der Waals surface area (Å²) in [6, 6.07) is 0. The van der Waals surface area contributed by atoms with Gasteiger partial charge in [-0.3, -0.25) is 4.79 Å². The molecule has 0 aromatic carbocycles. The molecular formula is C10H18O3. The van der Waals surface area contributed by atoms with Crippen molar-refractivity contribution >= 4 is 5.97 Å². The van der Waals surface area contributed by atoms with Gasteiger partial charge in [-0.05, 0) is 31.1 Å². The van der Waals surface area contributed by atoms with Gasteiger partial charge in [-0.25, -0.2) is 0 Å². The lowest BCUT2D eigenvalue weighted by Crippen LogP contribution is -2.19. The summed E-state index contributed by atoms with van der Waals surface area (Å²) in [7, 11) is 1.40. The first kappa shape index (κ1) is 10.5. The van der Waals surface area contributed by atoms with E-state index >= 15 is 0 Å². The van der Waals surface area contributed by atoms with E-state index in [4.69, 9.17) is 0 Å². The SMILES string of the molecule is COC(=O)CC[C@@H]1CC[C@H](C)[C@@H]1O. The van der Waals surface area contributed by atoms with Crippen LogP contribution in [0.15, 0.2) is 0 Å². The standard InChI is InChI=1S/C10H18O3/c1-7-3-4-8(10(7)12)5-6-9(11)13-2/h7-8,10,12H,3-6H2,1-2H3/t7-,8-,10-/m0/s1. The molecule has 0 aliphatic heterocycles. The van der Waals surface area contributed by atoms with E-state index in [-0.39, 0.29) is 12.1 Å². The predicted molar refractivity (Wildman–Crippen MR) is 49.1 cm³/mol. The molecule has 0 unspecified atom stereocenters. The molecule has 1 saturated carbocycles. The molecule has 3 nitrogen and oxygen atoms in total. The molecule has 1 fully saturated rings. The largest absolute Gasteiger partial charge is 0.469 e. The average molecular weight is 186 g/mol. The van der Waals surface area contributed by atoms with Crippen LogP contribution in [-0.4, -0.2) is 24.3 Å². The van der Waals surface area contributed by atoms with Gasteiger partial charge in [0, 0.05) is 6.42 Å². The van der Waals surface area contributed by atoms with Crippen molar-refractivity contribution in [1.82, 2.24) is 0 Å². The van der Waals surface area contributed by atoms with Crippen LogP contribution in [0.2, 0.25) is 0 Å². The van der Waals surface area contributed by atoms with Gasteiger partial charge in [0.05, 0.1) is 13.2 Å². The van der Waals surface area contributed by atoms with Crippen molar-refractivity contribution in [2.45, 2.75) is 38.7 Å². The molecule has 0 bridgehead atoms. The third-order valence-corrected chi connectivity index (χ3v) is 3.01. The maximum Gasteiger partial charge on any atom is 0.305 e. The Hall–Kier alpha value is -0.570. The van der Waals surface area contributed by atoms with Gasteiger partial charge < -0.3 is 9.84 Å². The number of hydrogen-bond acceptors (Lipinski definition) is 3. The van der Waals surface area contributed by atoms with E-state index in [1.54, 1.807) is 0 Å². The van der Waals surface area contributed by atoms with E-state index < -0.39 is 0 Å². The van der Waals surface area contributed by atoms with Crippen molar-refractivity contribution in [3.8, 4) is 0 Å². The second kappa shape index (κ2) is 4.61. The van der Waals surface area contributed by atoms with Gasteiger partial charge in [0.1, 0.15) is 0 Å². The smallest absolute Gasteiger partial charge is 0.305 e. The molecule has 1 N–H and O–H groups in total. The van der Waals surface area contributed by atoms with E-state index in [9.17, 15) is 9.90 Å². The minimum absolute atomic E-state index is 0.174. The Bertz CT molecular complexity index is 179. The van der Waals surface area contributed by atoms with Gasteiger partial charge >= 0.3 is 5.97 Å². The number of methoxy groups -OCH3 is 1. The summed E-state index contributed by atoms with van der Waals surface area (Å²) in [6.45, 7) is 2.06. The fourth-order valence-electron chi connectivity index (χ4n) is 2.00. The molecule has 76 valence electrons. The van der Waals surface area contributed by atoms with Crippen molar-refractivity contribution in [1.29, 1.82) is 0 Å². The van der Waals surface area contributed by atoms with Crippen LogP contribution in [0.3, 0.4) is 0 Å². The molecule has 3 atom stereocenters. The van der Waals surface area contributed by atoms with Crippen LogP contribution >= 0.6 is 0 Å². The van der Waals surface area contributed by atoms with Gasteiger partial charge in [-0.2, -0.15) is 0 Å². The molecule has 13 heavy (non-hydrogen) atoms. The van der Waals surface area contributed by atoms with Gasteiger partial charge in [0.2, 0.25) is 0 Å². The first-order chi connectivity index (χ1) is 6.15. The highest BCUT2D eigenvalue weighted by atomic mass is 16.5. The average Bonchev–Trinajstić information content (AvgIpc) is 2.44. The van der Waals surface area contributed by atoms with Crippen LogP contribution in [0.4, 0.5) is 0 Å². The number of carbonyl (C=O) groups is 1. The van der Waals surface area contributed by atoms with Crippen molar-refractivity contribution in [3.63, 3.8) is 0 Å². The lowest BCUT2D eigenvalue weighted by Gasteiger charge is -2.15. The second-order valence-corrected chi connectivity index (χ2v) is 3.92. The zero-order chi connectivity index (χ0) is 9.84. The fraction of sp³-hybridized carbons (Fsp3) is 0.900. The Morgan fingerprint density at radius 2 is 2.23 bits per heavy atom. The molecule has 0 radical (unpaired) electrons. The number of ether oxygens (including phenoxy) is 1. The molecule has 0 aromatic rings. The number of carbonyl (C=O) groups excluding carboxylic acids is 1. The summed E-state index contributed by atoms with van der Waals surface area (Å²) in [4.78, 5) is 10.9. The van der Waals surface area contributed by atoms with Crippen LogP contribution in [0.25, 0.3) is 0 Å². The zero-order valence-corrected chi connectivity index (χ0v) is 8.32. The predicted octanol–water partition coefficient (Wildman–Crippen LogP) is 1.35. The zero-order valence-electron chi connectivity index (χ0n) is 8.32. The summed E-state index contributed by atoms with van der Waals surface area (Å²) in [5.74, 6) is 0.517. The van der Waals surface area contributed by atoms with Gasteiger partial charge in [-0.15, -0.1) is 0 Å². The topological polar surface area (TPSA) is 46.5 Å². The lowest BCUT2D eigenvalue weighted by molar-refractivity contribution is -0.141. The number of aliphatic hydroxyl groups excluding tert-OH is 1. The van der Waals surface area contributed by atoms with E-state index in [0.29, 0.717) is 18.3 Å². The van der Waals surface area contributed by atoms with Crippen LogP contribution in [0.1, 0.15) is 32.6 Å². The molecule has 0 amide bonds. The van der Waals surface area contributed by atoms with E-state index in [1.807, 2.05) is 0 Å². The first-order valence-electron chi connectivity index (χ1n) is 4.90. The molecule has 1 aliphatic rings. The van der Waals surface area contributed by atoms with Crippen molar-refractivity contribution < 1.29 is 14.6 Å². The van der Waals surface area contributed by atoms with Crippen LogP contribution in [0, 0.1) is 11.8 Å². The third kappa shape index (κ3) is 2.69. The maximum absolute atomic E-state index is 10.9. The van der Waals surface area contributed by atoms with E-state index in [2.05, 4.69) is 11.7 Å². The second-order valence-electron chi connectivity index (χ2n) is 3.92. The summed E-state index contributed by atoms with van der Waals surface area (Å²) in [5.41, 5.74) is 0. The number of aliphatic hydroxyl groups is 1. The van der Waals surface area contributed by atoms with Gasteiger partial charge in [-0.1, -0.05) is 6.92 Å². The van der Waals surface area contributed by atoms with Crippen molar-refractivity contribution in [2.75, 3.05) is 7.11 Å². The Balaban J connectivity index is 2.26. The third-order valence-electron chi connectivity index (χ3n) is 3.01. The minimum atomic E-state index is -0.218. The first-order valence-corrected chi connectivity index (χ1v) is 4.90. The molecule has 0 heterocycles. The number of esters is 1. The Labute approximate surface area is 79.1 Å². The highest BCUT2D eigenvalue weighted by molar-refractivity contribution is 5.69. The molecule has 1 rings (SSSR count). The quantitative estimate of drug-likeness (QED) is 0.677. The Morgan fingerprint density at radius 1 is 1.54 bits per heavy atom. The van der Waals surface area contributed by atoms with Crippen molar-refractivity contribution in [3.05, 3.63) is 0 Å². The maximum atomic E-state index is 10.9. The lowest BCUT2D eigenvalue weighted by atomic mass is 9.97.